The third kappa shape index (κ3) is 3.18. The van der Waals surface area contributed by atoms with E-state index < -0.39 is 0 Å². The Kier molecular flexibility index (Phi) is 4.38. The van der Waals surface area contributed by atoms with Crippen LogP contribution in [0, 0.1) is 0 Å². The van der Waals surface area contributed by atoms with Gasteiger partial charge >= 0.3 is 5.76 Å². The van der Waals surface area contributed by atoms with Crippen molar-refractivity contribution in [2.75, 3.05) is 45.9 Å². The first-order chi connectivity index (χ1) is 10.3. The fraction of sp³-hybridized carbons (Fsp3) is 0.533. The number of aromatic nitrogens is 1. The lowest BCUT2D eigenvalue weighted by atomic mass is 10.3. The lowest BCUT2D eigenvalue weighted by Crippen LogP contribution is -2.48. The van der Waals surface area contributed by atoms with E-state index >= 15 is 0 Å². The van der Waals surface area contributed by atoms with Crippen molar-refractivity contribution in [1.29, 1.82) is 0 Å². The topological polar surface area (TPSA) is 61.9 Å². The summed E-state index contributed by atoms with van der Waals surface area (Å²) in [7, 11) is 0. The molecule has 2 aromatic rings. The third-order valence-electron chi connectivity index (χ3n) is 4.09. The number of para-hydroxylation sites is 2. The molecule has 1 aromatic heterocycles. The molecule has 6 nitrogen and oxygen atoms in total. The molecule has 0 unspecified atom stereocenters. The second-order valence-corrected chi connectivity index (χ2v) is 5.39. The Bertz CT molecular complexity index is 641. The van der Waals surface area contributed by atoms with Crippen molar-refractivity contribution in [2.24, 2.45) is 0 Å². The van der Waals surface area contributed by atoms with Gasteiger partial charge in [-0.15, -0.1) is 0 Å². The molecule has 0 bridgehead atoms. The molecule has 1 saturated heterocycles. The predicted molar refractivity (Wildman–Crippen MR) is 80.4 cm³/mol. The zero-order chi connectivity index (χ0) is 14.7. The molecule has 0 aliphatic carbocycles. The van der Waals surface area contributed by atoms with Gasteiger partial charge in [-0.05, 0) is 12.1 Å². The van der Waals surface area contributed by atoms with E-state index in [9.17, 15) is 4.79 Å². The second-order valence-electron chi connectivity index (χ2n) is 5.39. The standard InChI is InChI=1S/C15H21N3O3/c19-12-11-17-7-5-16(6-8-17)9-10-18-13-3-1-2-4-14(13)21-15(18)20/h1-4,19H,5-12H2. The van der Waals surface area contributed by atoms with Gasteiger partial charge in [0, 0.05) is 45.8 Å². The first kappa shape index (κ1) is 14.3. The van der Waals surface area contributed by atoms with E-state index in [-0.39, 0.29) is 12.4 Å². The first-order valence-corrected chi connectivity index (χ1v) is 7.42. The fourth-order valence-corrected chi connectivity index (χ4v) is 2.85. The summed E-state index contributed by atoms with van der Waals surface area (Å²) in [4.78, 5) is 16.5. The Balaban J connectivity index is 1.60. The van der Waals surface area contributed by atoms with E-state index in [0.29, 0.717) is 12.1 Å². The van der Waals surface area contributed by atoms with Gasteiger partial charge in [0.25, 0.3) is 0 Å². The highest BCUT2D eigenvalue weighted by Crippen LogP contribution is 2.12. The van der Waals surface area contributed by atoms with E-state index in [4.69, 9.17) is 9.52 Å². The Morgan fingerprint density at radius 2 is 1.67 bits per heavy atom. The maximum absolute atomic E-state index is 11.9. The molecule has 0 spiro atoms. The number of hydrogen-bond acceptors (Lipinski definition) is 5. The largest absolute Gasteiger partial charge is 0.419 e. The van der Waals surface area contributed by atoms with Crippen molar-refractivity contribution in [3.8, 4) is 0 Å². The quantitative estimate of drug-likeness (QED) is 0.853. The average molecular weight is 291 g/mol. The first-order valence-electron chi connectivity index (χ1n) is 7.42. The second kappa shape index (κ2) is 6.43. The monoisotopic (exact) mass is 291 g/mol. The van der Waals surface area contributed by atoms with Gasteiger partial charge in [0.15, 0.2) is 5.58 Å². The van der Waals surface area contributed by atoms with Gasteiger partial charge in [0.05, 0.1) is 12.1 Å². The van der Waals surface area contributed by atoms with Crippen LogP contribution in [0.1, 0.15) is 0 Å². The Hall–Kier alpha value is -1.63. The molecule has 2 heterocycles. The molecule has 1 aliphatic rings. The zero-order valence-corrected chi connectivity index (χ0v) is 12.1. The number of piperazine rings is 1. The SMILES string of the molecule is O=c1oc2ccccc2n1CCN1CCN(CCO)CC1. The molecule has 0 saturated carbocycles. The molecule has 1 aromatic carbocycles. The van der Waals surface area contributed by atoms with Crippen molar-refractivity contribution in [3.05, 3.63) is 34.8 Å². The highest BCUT2D eigenvalue weighted by molar-refractivity contribution is 5.72. The molecule has 21 heavy (non-hydrogen) atoms. The van der Waals surface area contributed by atoms with Crippen LogP contribution in [0.2, 0.25) is 0 Å². The number of hydrogen-bond donors (Lipinski definition) is 1. The third-order valence-corrected chi connectivity index (χ3v) is 4.09. The van der Waals surface area contributed by atoms with E-state index in [1.807, 2.05) is 24.3 Å². The van der Waals surface area contributed by atoms with Gasteiger partial charge in [-0.2, -0.15) is 0 Å². The Morgan fingerprint density at radius 1 is 1.00 bits per heavy atom. The normalized spacial score (nSPS) is 17.6. The number of fused-ring (bicyclic) bond motifs is 1. The molecular formula is C15H21N3O3. The molecule has 0 amide bonds. The van der Waals surface area contributed by atoms with Crippen LogP contribution in [-0.4, -0.2) is 65.3 Å². The Morgan fingerprint density at radius 3 is 2.38 bits per heavy atom. The summed E-state index contributed by atoms with van der Waals surface area (Å²) >= 11 is 0. The number of oxazole rings is 1. The number of aliphatic hydroxyl groups is 1. The summed E-state index contributed by atoms with van der Waals surface area (Å²) in [5, 5.41) is 8.94. The number of benzene rings is 1. The minimum Gasteiger partial charge on any atom is -0.408 e. The number of rotatable bonds is 5. The highest BCUT2D eigenvalue weighted by atomic mass is 16.4. The zero-order valence-electron chi connectivity index (χ0n) is 12.1. The van der Waals surface area contributed by atoms with Gasteiger partial charge < -0.3 is 9.52 Å². The molecule has 0 atom stereocenters. The van der Waals surface area contributed by atoms with Crippen molar-refractivity contribution in [3.63, 3.8) is 0 Å². The van der Waals surface area contributed by atoms with Crippen LogP contribution in [0.25, 0.3) is 11.1 Å². The highest BCUT2D eigenvalue weighted by Gasteiger charge is 2.17. The number of β-amino-alcohol motifs (C(OH)–C–C–N with tert-alkyl or cyclic N) is 1. The summed E-state index contributed by atoms with van der Waals surface area (Å²) in [6.45, 7) is 6.36. The van der Waals surface area contributed by atoms with Crippen LogP contribution < -0.4 is 5.76 Å². The van der Waals surface area contributed by atoms with Crippen LogP contribution in [0.4, 0.5) is 0 Å². The molecule has 6 heteroatoms. The molecule has 1 fully saturated rings. The summed E-state index contributed by atoms with van der Waals surface area (Å²) in [5.74, 6) is -0.282. The van der Waals surface area contributed by atoms with E-state index in [0.717, 1.165) is 44.8 Å². The molecule has 1 aliphatic heterocycles. The maximum Gasteiger partial charge on any atom is 0.419 e. The smallest absolute Gasteiger partial charge is 0.408 e. The van der Waals surface area contributed by atoms with Crippen molar-refractivity contribution in [2.45, 2.75) is 6.54 Å². The van der Waals surface area contributed by atoms with Crippen molar-refractivity contribution >= 4 is 11.1 Å². The minimum atomic E-state index is -0.282. The average Bonchev–Trinajstić information content (AvgIpc) is 2.82. The number of aliphatic hydroxyl groups excluding tert-OH is 1. The van der Waals surface area contributed by atoms with Crippen LogP contribution in [-0.2, 0) is 6.54 Å². The van der Waals surface area contributed by atoms with E-state index in [2.05, 4.69) is 9.80 Å². The van der Waals surface area contributed by atoms with Crippen molar-refractivity contribution < 1.29 is 9.52 Å². The fourth-order valence-electron chi connectivity index (χ4n) is 2.85. The summed E-state index contributed by atoms with van der Waals surface area (Å²) in [6.07, 6.45) is 0. The summed E-state index contributed by atoms with van der Waals surface area (Å²) in [5.41, 5.74) is 1.51. The van der Waals surface area contributed by atoms with Crippen molar-refractivity contribution in [1.82, 2.24) is 14.4 Å². The summed E-state index contributed by atoms with van der Waals surface area (Å²) in [6, 6.07) is 7.53. The van der Waals surface area contributed by atoms with Crippen LogP contribution in [0.5, 0.6) is 0 Å². The lowest BCUT2D eigenvalue weighted by Gasteiger charge is -2.34. The van der Waals surface area contributed by atoms with Gasteiger partial charge in [-0.1, -0.05) is 12.1 Å². The molecule has 1 N–H and O–H groups in total. The molecule has 0 radical (unpaired) electrons. The van der Waals surface area contributed by atoms with Crippen LogP contribution in [0.3, 0.4) is 0 Å². The van der Waals surface area contributed by atoms with Gasteiger partial charge in [-0.25, -0.2) is 4.79 Å². The molecular weight excluding hydrogens is 270 g/mol. The maximum atomic E-state index is 11.9. The minimum absolute atomic E-state index is 0.219. The van der Waals surface area contributed by atoms with Crippen LogP contribution in [0.15, 0.2) is 33.5 Å². The van der Waals surface area contributed by atoms with E-state index in [1.54, 1.807) is 4.57 Å². The predicted octanol–water partition coefficient (Wildman–Crippen LogP) is 0.204. The lowest BCUT2D eigenvalue weighted by molar-refractivity contribution is 0.110. The summed E-state index contributed by atoms with van der Waals surface area (Å²) < 4.78 is 6.94. The van der Waals surface area contributed by atoms with Gasteiger partial charge in [0.1, 0.15) is 0 Å². The molecule has 3 rings (SSSR count). The van der Waals surface area contributed by atoms with Crippen LogP contribution >= 0.6 is 0 Å². The number of nitrogens with zero attached hydrogens (tertiary/aromatic N) is 3. The Labute approximate surface area is 123 Å². The van der Waals surface area contributed by atoms with Gasteiger partial charge in [-0.3, -0.25) is 14.4 Å². The molecule has 114 valence electrons. The van der Waals surface area contributed by atoms with Gasteiger partial charge in [0.2, 0.25) is 0 Å². The van der Waals surface area contributed by atoms with E-state index in [1.165, 1.54) is 0 Å².